The lowest BCUT2D eigenvalue weighted by Crippen LogP contribution is -2.31. The van der Waals surface area contributed by atoms with Crippen molar-refractivity contribution in [1.82, 2.24) is 5.32 Å². The molecule has 1 unspecified atom stereocenters. The van der Waals surface area contributed by atoms with Crippen LogP contribution >= 0.6 is 35.0 Å². The Kier molecular flexibility index (Phi) is 7.82. The first kappa shape index (κ1) is 20.6. The molecule has 2 rings (SSSR count). The van der Waals surface area contributed by atoms with Gasteiger partial charge in [0.25, 0.3) is 0 Å². The highest BCUT2D eigenvalue weighted by molar-refractivity contribution is 8.01. The maximum absolute atomic E-state index is 12.2. The van der Waals surface area contributed by atoms with Gasteiger partial charge in [-0.2, -0.15) is 0 Å². The van der Waals surface area contributed by atoms with Crippen LogP contribution in [0.2, 0.25) is 10.0 Å². The van der Waals surface area contributed by atoms with Crippen LogP contribution < -0.4 is 10.6 Å². The van der Waals surface area contributed by atoms with Crippen LogP contribution in [0.3, 0.4) is 0 Å². The SMILES string of the molecule is Cc1ccc(NC(=O)CSC(C)C(=O)NCc2ccc(Cl)cc2Cl)cc1. The zero-order valence-corrected chi connectivity index (χ0v) is 16.8. The van der Waals surface area contributed by atoms with E-state index in [4.69, 9.17) is 23.2 Å². The molecule has 0 spiro atoms. The van der Waals surface area contributed by atoms with Crippen molar-refractivity contribution >= 4 is 52.5 Å². The van der Waals surface area contributed by atoms with Crippen LogP contribution in [0.15, 0.2) is 42.5 Å². The largest absolute Gasteiger partial charge is 0.351 e. The summed E-state index contributed by atoms with van der Waals surface area (Å²) in [4.78, 5) is 24.2. The van der Waals surface area contributed by atoms with Crippen molar-refractivity contribution in [2.45, 2.75) is 25.6 Å². The van der Waals surface area contributed by atoms with Gasteiger partial charge in [-0.05, 0) is 43.7 Å². The van der Waals surface area contributed by atoms with E-state index in [9.17, 15) is 9.59 Å². The van der Waals surface area contributed by atoms with Crippen molar-refractivity contribution < 1.29 is 9.59 Å². The summed E-state index contributed by atoms with van der Waals surface area (Å²) >= 11 is 13.2. The number of benzene rings is 2. The number of nitrogens with one attached hydrogen (secondary N) is 2. The number of anilines is 1. The summed E-state index contributed by atoms with van der Waals surface area (Å²) in [6.07, 6.45) is 0. The third-order valence-corrected chi connectivity index (χ3v) is 5.37. The first-order valence-corrected chi connectivity index (χ1v) is 9.85. The molecule has 0 aromatic heterocycles. The van der Waals surface area contributed by atoms with Crippen LogP contribution in [0.4, 0.5) is 5.69 Å². The average molecular weight is 411 g/mol. The fourth-order valence-electron chi connectivity index (χ4n) is 2.10. The topological polar surface area (TPSA) is 58.2 Å². The molecule has 0 aliphatic carbocycles. The summed E-state index contributed by atoms with van der Waals surface area (Å²) in [5.41, 5.74) is 2.66. The second-order valence-electron chi connectivity index (χ2n) is 5.82. The lowest BCUT2D eigenvalue weighted by Gasteiger charge is -2.13. The maximum atomic E-state index is 12.2. The van der Waals surface area contributed by atoms with E-state index >= 15 is 0 Å². The Bertz CT molecular complexity index is 782. The molecule has 0 aliphatic heterocycles. The Labute approximate surface area is 167 Å². The number of carbonyl (C=O) groups is 2. The fraction of sp³-hybridized carbons (Fsp3) is 0.263. The highest BCUT2D eigenvalue weighted by atomic mass is 35.5. The van der Waals surface area contributed by atoms with E-state index in [-0.39, 0.29) is 22.8 Å². The predicted octanol–water partition coefficient (Wildman–Crippen LogP) is 4.68. The van der Waals surface area contributed by atoms with Gasteiger partial charge in [0.05, 0.1) is 11.0 Å². The Morgan fingerprint density at radius 3 is 2.46 bits per heavy atom. The fourth-order valence-corrected chi connectivity index (χ4v) is 3.29. The van der Waals surface area contributed by atoms with E-state index in [0.29, 0.717) is 16.6 Å². The van der Waals surface area contributed by atoms with E-state index in [1.165, 1.54) is 11.8 Å². The summed E-state index contributed by atoms with van der Waals surface area (Å²) in [7, 11) is 0. The molecule has 2 aromatic carbocycles. The normalized spacial score (nSPS) is 11.7. The quantitative estimate of drug-likeness (QED) is 0.696. The summed E-state index contributed by atoms with van der Waals surface area (Å²) in [5.74, 6) is -0.0899. The lowest BCUT2D eigenvalue weighted by molar-refractivity contribution is -0.120. The summed E-state index contributed by atoms with van der Waals surface area (Å²) in [6, 6.07) is 12.7. The maximum Gasteiger partial charge on any atom is 0.234 e. The minimum absolute atomic E-state index is 0.140. The van der Waals surface area contributed by atoms with Crippen LogP contribution in [-0.4, -0.2) is 22.8 Å². The number of carbonyl (C=O) groups excluding carboxylic acids is 2. The second-order valence-corrected chi connectivity index (χ2v) is 7.99. The molecule has 7 heteroatoms. The number of rotatable bonds is 7. The highest BCUT2D eigenvalue weighted by Gasteiger charge is 2.15. The molecular weight excluding hydrogens is 391 g/mol. The van der Waals surface area contributed by atoms with Crippen LogP contribution in [-0.2, 0) is 16.1 Å². The van der Waals surface area contributed by atoms with Gasteiger partial charge in [-0.3, -0.25) is 9.59 Å². The number of hydrogen-bond donors (Lipinski definition) is 2. The van der Waals surface area contributed by atoms with Gasteiger partial charge in [0, 0.05) is 22.3 Å². The summed E-state index contributed by atoms with van der Waals surface area (Å²) < 4.78 is 0. The van der Waals surface area contributed by atoms with E-state index < -0.39 is 0 Å². The first-order valence-electron chi connectivity index (χ1n) is 8.05. The molecule has 1 atom stereocenters. The monoisotopic (exact) mass is 410 g/mol. The number of amides is 2. The van der Waals surface area contributed by atoms with Gasteiger partial charge >= 0.3 is 0 Å². The molecule has 0 radical (unpaired) electrons. The standard InChI is InChI=1S/C19H20Cl2N2O2S/c1-12-3-7-16(8-4-12)23-18(24)11-26-13(2)19(25)22-10-14-5-6-15(20)9-17(14)21/h3-9,13H,10-11H2,1-2H3,(H,22,25)(H,23,24). The van der Waals surface area contributed by atoms with Crippen molar-refractivity contribution in [3.05, 3.63) is 63.6 Å². The average Bonchev–Trinajstić information content (AvgIpc) is 2.60. The molecule has 0 saturated carbocycles. The van der Waals surface area contributed by atoms with Gasteiger partial charge in [-0.1, -0.05) is 47.0 Å². The summed E-state index contributed by atoms with van der Waals surface area (Å²) in [6.45, 7) is 4.07. The van der Waals surface area contributed by atoms with Crippen LogP contribution in [0, 0.1) is 6.92 Å². The Hall–Kier alpha value is -1.69. The summed E-state index contributed by atoms with van der Waals surface area (Å²) in [5, 5.41) is 6.34. The molecule has 0 bridgehead atoms. The van der Waals surface area contributed by atoms with Gasteiger partial charge < -0.3 is 10.6 Å². The molecule has 2 N–H and O–H groups in total. The number of aryl methyl sites for hydroxylation is 1. The third-order valence-electron chi connectivity index (χ3n) is 3.64. The van der Waals surface area contributed by atoms with Gasteiger partial charge in [-0.25, -0.2) is 0 Å². The first-order chi connectivity index (χ1) is 12.3. The zero-order valence-electron chi connectivity index (χ0n) is 14.5. The number of hydrogen-bond acceptors (Lipinski definition) is 3. The second kappa shape index (κ2) is 9.86. The molecule has 26 heavy (non-hydrogen) atoms. The van der Waals surface area contributed by atoms with Gasteiger partial charge in [0.2, 0.25) is 11.8 Å². The van der Waals surface area contributed by atoms with E-state index in [0.717, 1.165) is 16.8 Å². The molecule has 2 amide bonds. The Morgan fingerprint density at radius 1 is 1.12 bits per heavy atom. The molecule has 138 valence electrons. The van der Waals surface area contributed by atoms with E-state index in [1.54, 1.807) is 25.1 Å². The van der Waals surface area contributed by atoms with Crippen LogP contribution in [0.5, 0.6) is 0 Å². The van der Waals surface area contributed by atoms with E-state index in [1.807, 2.05) is 31.2 Å². The third kappa shape index (κ3) is 6.56. The van der Waals surface area contributed by atoms with Crippen molar-refractivity contribution in [2.75, 3.05) is 11.1 Å². The molecule has 2 aromatic rings. The minimum atomic E-state index is -0.357. The molecular formula is C19H20Cl2N2O2S. The molecule has 0 saturated heterocycles. The number of thioether (sulfide) groups is 1. The van der Waals surface area contributed by atoms with Gasteiger partial charge in [0.1, 0.15) is 0 Å². The van der Waals surface area contributed by atoms with Crippen molar-refractivity contribution in [3.8, 4) is 0 Å². The minimum Gasteiger partial charge on any atom is -0.351 e. The van der Waals surface area contributed by atoms with E-state index in [2.05, 4.69) is 10.6 Å². The Balaban J connectivity index is 1.75. The molecule has 0 heterocycles. The molecule has 4 nitrogen and oxygen atoms in total. The lowest BCUT2D eigenvalue weighted by atomic mass is 10.2. The highest BCUT2D eigenvalue weighted by Crippen LogP contribution is 2.21. The van der Waals surface area contributed by atoms with Gasteiger partial charge in [0.15, 0.2) is 0 Å². The zero-order chi connectivity index (χ0) is 19.1. The predicted molar refractivity (Wildman–Crippen MR) is 110 cm³/mol. The van der Waals surface area contributed by atoms with Crippen molar-refractivity contribution in [2.24, 2.45) is 0 Å². The van der Waals surface area contributed by atoms with Crippen molar-refractivity contribution in [3.63, 3.8) is 0 Å². The smallest absolute Gasteiger partial charge is 0.234 e. The van der Waals surface area contributed by atoms with Gasteiger partial charge in [-0.15, -0.1) is 11.8 Å². The molecule has 0 fully saturated rings. The number of halogens is 2. The van der Waals surface area contributed by atoms with Crippen LogP contribution in [0.25, 0.3) is 0 Å². The van der Waals surface area contributed by atoms with Crippen LogP contribution in [0.1, 0.15) is 18.1 Å². The molecule has 0 aliphatic rings. The Morgan fingerprint density at radius 2 is 1.81 bits per heavy atom. The van der Waals surface area contributed by atoms with Crippen molar-refractivity contribution in [1.29, 1.82) is 0 Å².